The van der Waals surface area contributed by atoms with Gasteiger partial charge in [-0.3, -0.25) is 9.59 Å². The van der Waals surface area contributed by atoms with Gasteiger partial charge < -0.3 is 24.8 Å². The van der Waals surface area contributed by atoms with Gasteiger partial charge in [0.05, 0.1) is 6.10 Å². The van der Waals surface area contributed by atoms with E-state index in [0.717, 1.165) is 5.56 Å². The van der Waals surface area contributed by atoms with Crippen LogP contribution in [-0.2, 0) is 23.9 Å². The summed E-state index contributed by atoms with van der Waals surface area (Å²) in [5.74, 6) is -2.63. The van der Waals surface area contributed by atoms with Crippen LogP contribution in [0.5, 0.6) is 0 Å². The predicted octanol–water partition coefficient (Wildman–Crippen LogP) is 3.30. The summed E-state index contributed by atoms with van der Waals surface area (Å²) >= 11 is 0. The molecule has 0 unspecified atom stereocenters. The second kappa shape index (κ2) is 10.2. The smallest absolute Gasteiger partial charge is 0.331 e. The van der Waals surface area contributed by atoms with Crippen molar-refractivity contribution >= 4 is 23.8 Å². The SMILES string of the molecule is C=C1[C@@H](OC(=O)/C=C\c2ccccc2)CC[C@@]2(C)[C@@H](O)[C@H](OC(C)=O)C3=C(C)C(=O)C[C@@](O)([C@@H](O)[C@H]12)C3(C)C. The second-order valence-electron chi connectivity index (χ2n) is 11.9. The molecule has 7 atom stereocenters. The summed E-state index contributed by atoms with van der Waals surface area (Å²) in [7, 11) is 0. The summed E-state index contributed by atoms with van der Waals surface area (Å²) in [6, 6.07) is 9.26. The highest BCUT2D eigenvalue weighted by Crippen LogP contribution is 2.60. The fourth-order valence-corrected chi connectivity index (χ4v) is 6.92. The maximum atomic E-state index is 13.1. The zero-order valence-corrected chi connectivity index (χ0v) is 23.1. The van der Waals surface area contributed by atoms with E-state index in [1.54, 1.807) is 33.8 Å². The molecule has 0 radical (unpaired) electrons. The van der Waals surface area contributed by atoms with E-state index < -0.39 is 64.5 Å². The molecule has 0 saturated heterocycles. The van der Waals surface area contributed by atoms with Gasteiger partial charge in [0.25, 0.3) is 0 Å². The van der Waals surface area contributed by atoms with Crippen LogP contribution in [0.2, 0.25) is 0 Å². The lowest BCUT2D eigenvalue weighted by atomic mass is 9.48. The first kappa shape index (κ1) is 28.9. The molecule has 3 N–H and O–H groups in total. The molecule has 8 nitrogen and oxygen atoms in total. The van der Waals surface area contributed by atoms with Gasteiger partial charge in [-0.1, -0.05) is 57.7 Å². The maximum Gasteiger partial charge on any atom is 0.331 e. The molecule has 3 aliphatic carbocycles. The lowest BCUT2D eigenvalue weighted by molar-refractivity contribution is -0.220. The summed E-state index contributed by atoms with van der Waals surface area (Å²) in [6.07, 6.45) is -1.75. The first-order chi connectivity index (χ1) is 18.1. The van der Waals surface area contributed by atoms with Crippen LogP contribution in [0.25, 0.3) is 6.08 Å². The monoisotopic (exact) mass is 538 g/mol. The minimum atomic E-state index is -1.97. The van der Waals surface area contributed by atoms with Crippen molar-refractivity contribution < 1.29 is 39.2 Å². The van der Waals surface area contributed by atoms with Gasteiger partial charge in [-0.05, 0) is 48.1 Å². The van der Waals surface area contributed by atoms with Crippen LogP contribution in [0.4, 0.5) is 0 Å². The van der Waals surface area contributed by atoms with Crippen LogP contribution in [0, 0.1) is 16.7 Å². The minimum Gasteiger partial charge on any atom is -0.455 e. The van der Waals surface area contributed by atoms with E-state index in [9.17, 15) is 29.7 Å². The van der Waals surface area contributed by atoms with Crippen molar-refractivity contribution in [2.45, 2.75) is 83.9 Å². The Morgan fingerprint density at radius 2 is 1.72 bits per heavy atom. The Bertz CT molecular complexity index is 1240. The average molecular weight is 539 g/mol. The maximum absolute atomic E-state index is 13.1. The second-order valence-corrected chi connectivity index (χ2v) is 11.9. The lowest BCUT2D eigenvalue weighted by Gasteiger charge is -2.61. The van der Waals surface area contributed by atoms with Crippen molar-refractivity contribution in [2.24, 2.45) is 16.7 Å². The van der Waals surface area contributed by atoms with Crippen molar-refractivity contribution in [3.8, 4) is 0 Å². The van der Waals surface area contributed by atoms with Gasteiger partial charge >= 0.3 is 11.9 Å². The number of ketones is 1. The molecule has 2 bridgehead atoms. The number of fused-ring (bicyclic) bond motifs is 3. The number of ether oxygens (including phenoxy) is 2. The normalized spacial score (nSPS) is 36.2. The van der Waals surface area contributed by atoms with Crippen molar-refractivity contribution in [2.75, 3.05) is 0 Å². The molecule has 8 heteroatoms. The summed E-state index contributed by atoms with van der Waals surface area (Å²) in [6.45, 7) is 12.1. The van der Waals surface area contributed by atoms with Gasteiger partial charge in [-0.15, -0.1) is 0 Å². The largest absolute Gasteiger partial charge is 0.455 e. The molecule has 2 saturated carbocycles. The van der Waals surface area contributed by atoms with E-state index in [1.807, 2.05) is 30.3 Å². The molecule has 0 aromatic heterocycles. The number of allylic oxidation sites excluding steroid dienone is 1. The highest BCUT2D eigenvalue weighted by molar-refractivity contribution is 5.98. The standard InChI is InChI=1S/C31H38O8/c1-17-21(33)16-31(37)27(35)25-18(2)22(39-23(34)13-12-20-10-8-7-9-11-20)14-15-30(25,6)28(36)26(38-19(3)32)24(17)29(31,4)5/h7-13,22,25-28,35-37H,2,14-16H2,1,3-6H3/b13-12-/t22-,25-,26+,27-,28-,30+,31+/m0/s1. The fourth-order valence-electron chi connectivity index (χ4n) is 6.92. The van der Waals surface area contributed by atoms with E-state index >= 15 is 0 Å². The number of aliphatic hydroxyl groups is 3. The van der Waals surface area contributed by atoms with Crippen molar-refractivity contribution in [3.05, 3.63) is 65.3 Å². The molecule has 2 fully saturated rings. The van der Waals surface area contributed by atoms with Gasteiger partial charge in [0, 0.05) is 36.2 Å². The third kappa shape index (κ3) is 4.68. The summed E-state index contributed by atoms with van der Waals surface area (Å²) in [5, 5.41) is 35.8. The highest BCUT2D eigenvalue weighted by Gasteiger charge is 2.67. The van der Waals surface area contributed by atoms with Crippen molar-refractivity contribution in [1.29, 1.82) is 0 Å². The first-order valence-corrected chi connectivity index (χ1v) is 13.3. The Morgan fingerprint density at radius 3 is 2.33 bits per heavy atom. The topological polar surface area (TPSA) is 130 Å². The molecule has 39 heavy (non-hydrogen) atoms. The summed E-state index contributed by atoms with van der Waals surface area (Å²) in [4.78, 5) is 38.0. The third-order valence-corrected chi connectivity index (χ3v) is 9.29. The van der Waals surface area contributed by atoms with E-state index in [2.05, 4.69) is 6.58 Å². The van der Waals surface area contributed by atoms with Crippen molar-refractivity contribution in [3.63, 3.8) is 0 Å². The Kier molecular flexibility index (Phi) is 7.53. The molecule has 210 valence electrons. The highest BCUT2D eigenvalue weighted by atomic mass is 16.6. The van der Waals surface area contributed by atoms with Gasteiger partial charge in [0.1, 0.15) is 17.8 Å². The number of aliphatic hydroxyl groups excluding tert-OH is 2. The number of hydrogen-bond acceptors (Lipinski definition) is 8. The minimum absolute atomic E-state index is 0.268. The molecular weight excluding hydrogens is 500 g/mol. The molecule has 1 aromatic carbocycles. The summed E-state index contributed by atoms with van der Waals surface area (Å²) < 4.78 is 11.4. The van der Waals surface area contributed by atoms with Gasteiger partial charge in [-0.2, -0.15) is 0 Å². The number of carbonyl (C=O) groups is 3. The van der Waals surface area contributed by atoms with Gasteiger partial charge in [0.2, 0.25) is 0 Å². The summed E-state index contributed by atoms with van der Waals surface area (Å²) in [5.41, 5.74) is -2.60. The van der Waals surface area contributed by atoms with Crippen LogP contribution in [-0.4, -0.2) is 63.1 Å². The first-order valence-electron chi connectivity index (χ1n) is 13.3. The predicted molar refractivity (Wildman–Crippen MR) is 144 cm³/mol. The zero-order chi connectivity index (χ0) is 28.9. The molecule has 0 heterocycles. The van der Waals surface area contributed by atoms with E-state index in [0.29, 0.717) is 23.1 Å². The molecule has 0 aliphatic heterocycles. The molecule has 4 rings (SSSR count). The van der Waals surface area contributed by atoms with Crippen LogP contribution < -0.4 is 0 Å². The molecular formula is C31H38O8. The number of esters is 2. The molecule has 1 aromatic rings. The Labute approximate surface area is 229 Å². The zero-order valence-electron chi connectivity index (χ0n) is 23.1. The van der Waals surface area contributed by atoms with Gasteiger partial charge in [0.15, 0.2) is 11.9 Å². The lowest BCUT2D eigenvalue weighted by Crippen LogP contribution is -2.69. The Hall–Kier alpha value is -3.07. The third-order valence-electron chi connectivity index (χ3n) is 9.29. The number of carbonyl (C=O) groups excluding carboxylic acids is 3. The van der Waals surface area contributed by atoms with E-state index in [4.69, 9.17) is 9.47 Å². The number of Topliss-reactive ketones (excluding diaryl/α,β-unsaturated/α-hetero) is 1. The Balaban J connectivity index is 1.75. The number of benzene rings is 1. The van der Waals surface area contributed by atoms with E-state index in [-0.39, 0.29) is 12.8 Å². The van der Waals surface area contributed by atoms with Crippen LogP contribution in [0.1, 0.15) is 59.4 Å². The molecule has 0 amide bonds. The molecule has 3 aliphatic rings. The number of rotatable bonds is 4. The van der Waals surface area contributed by atoms with Crippen LogP contribution in [0.15, 0.2) is 59.7 Å². The molecule has 0 spiro atoms. The average Bonchev–Trinajstić information content (AvgIpc) is 2.87. The van der Waals surface area contributed by atoms with Crippen LogP contribution >= 0.6 is 0 Å². The van der Waals surface area contributed by atoms with Crippen molar-refractivity contribution in [1.82, 2.24) is 0 Å². The van der Waals surface area contributed by atoms with Gasteiger partial charge in [-0.25, -0.2) is 4.79 Å². The Morgan fingerprint density at radius 1 is 1.08 bits per heavy atom. The quantitative estimate of drug-likeness (QED) is 0.303. The fraction of sp³-hybridized carbons (Fsp3) is 0.516. The van der Waals surface area contributed by atoms with E-state index in [1.165, 1.54) is 13.0 Å². The van der Waals surface area contributed by atoms with Crippen LogP contribution in [0.3, 0.4) is 0 Å². The number of hydrogen-bond donors (Lipinski definition) is 3.